The summed E-state index contributed by atoms with van der Waals surface area (Å²) in [5, 5.41) is 0. The summed E-state index contributed by atoms with van der Waals surface area (Å²) in [6, 6.07) is 32.4. The zero-order valence-electron chi connectivity index (χ0n) is 39.6. The Balaban J connectivity index is 0.00000281. The fraction of sp³-hybridized carbons (Fsp3) is 0.500. The smallest absolute Gasteiger partial charge is 1.00 e. The second-order valence-corrected chi connectivity index (χ2v) is 29.7. The third-order valence-electron chi connectivity index (χ3n) is 15.5. The molecule has 3 heteroatoms. The molecule has 0 radical (unpaired) electrons. The van der Waals surface area contributed by atoms with Gasteiger partial charge in [0.05, 0.1) is 0 Å². The number of rotatable bonds is 5. The quantitative estimate of drug-likeness (QED) is 0.166. The molecular formula is C58H72Cl2Zr. The Morgan fingerprint density at radius 2 is 1.02 bits per heavy atom. The first-order chi connectivity index (χ1) is 27.6. The molecule has 10 rings (SSSR count). The van der Waals surface area contributed by atoms with Gasteiger partial charge in [0.1, 0.15) is 0 Å². The van der Waals surface area contributed by atoms with Crippen LogP contribution in [0.3, 0.4) is 0 Å². The molecule has 0 amide bonds. The molecule has 322 valence electrons. The van der Waals surface area contributed by atoms with E-state index < -0.39 is 21.3 Å². The minimum absolute atomic E-state index is 0. The number of fused-ring (bicyclic) bond motifs is 3. The average Bonchev–Trinajstić information content (AvgIpc) is 3.71. The van der Waals surface area contributed by atoms with Gasteiger partial charge in [0.2, 0.25) is 0 Å². The topological polar surface area (TPSA) is 0 Å². The van der Waals surface area contributed by atoms with Gasteiger partial charge in [-0.15, -0.1) is 0 Å². The average molecular weight is 931 g/mol. The number of hydrogen-bond donors (Lipinski definition) is 0. The van der Waals surface area contributed by atoms with Crippen LogP contribution in [0.4, 0.5) is 0 Å². The van der Waals surface area contributed by atoms with Crippen molar-refractivity contribution in [2.24, 2.45) is 35.5 Å². The summed E-state index contributed by atoms with van der Waals surface area (Å²) in [6.07, 6.45) is 14.1. The summed E-state index contributed by atoms with van der Waals surface area (Å²) in [5.41, 5.74) is 16.9. The number of allylic oxidation sites excluding steroid dienone is 4. The molecule has 0 nitrogen and oxygen atoms in total. The van der Waals surface area contributed by atoms with Crippen LogP contribution in [0.5, 0.6) is 0 Å². The second kappa shape index (κ2) is 16.6. The van der Waals surface area contributed by atoms with Gasteiger partial charge in [-0.25, -0.2) is 0 Å². The molecular weight excluding hydrogens is 859 g/mol. The van der Waals surface area contributed by atoms with E-state index in [1.54, 1.807) is 26.5 Å². The first-order valence-electron chi connectivity index (χ1n) is 23.4. The molecule has 61 heavy (non-hydrogen) atoms. The summed E-state index contributed by atoms with van der Waals surface area (Å²) in [5.74, 6) is 4.99. The van der Waals surface area contributed by atoms with E-state index in [4.69, 9.17) is 0 Å². The molecule has 4 fully saturated rings. The maximum atomic E-state index is 2.88. The number of hydrogen-bond acceptors (Lipinski definition) is 0. The summed E-state index contributed by atoms with van der Waals surface area (Å²) >= 11 is -3.09. The predicted molar refractivity (Wildman–Crippen MR) is 251 cm³/mol. The predicted octanol–water partition coefficient (Wildman–Crippen LogP) is 8.50. The maximum absolute atomic E-state index is 3.09. The molecule has 1 unspecified atom stereocenters. The number of benzene rings is 4. The molecule has 6 aliphatic rings. The van der Waals surface area contributed by atoms with E-state index in [9.17, 15) is 0 Å². The van der Waals surface area contributed by atoms with Crippen LogP contribution in [0.1, 0.15) is 167 Å². The molecule has 0 saturated heterocycles. The van der Waals surface area contributed by atoms with Crippen molar-refractivity contribution in [3.8, 4) is 11.1 Å². The van der Waals surface area contributed by atoms with Crippen molar-refractivity contribution in [2.75, 3.05) is 0 Å². The van der Waals surface area contributed by atoms with Gasteiger partial charge in [-0.2, -0.15) is 0 Å². The zero-order valence-corrected chi connectivity index (χ0v) is 43.6. The first kappa shape index (κ1) is 46.7. The monoisotopic (exact) mass is 928 g/mol. The summed E-state index contributed by atoms with van der Waals surface area (Å²) < 4.78 is 5.23. The minimum atomic E-state index is -3.09. The molecule has 0 spiro atoms. The summed E-state index contributed by atoms with van der Waals surface area (Å²) in [7, 11) is 0. The van der Waals surface area contributed by atoms with Gasteiger partial charge in [-0.1, -0.05) is 0 Å². The van der Waals surface area contributed by atoms with Crippen molar-refractivity contribution in [3.63, 3.8) is 0 Å². The van der Waals surface area contributed by atoms with E-state index in [0.717, 1.165) is 36.0 Å². The molecule has 1 atom stereocenters. The molecule has 0 heterocycles. The molecule has 4 aromatic rings. The van der Waals surface area contributed by atoms with Crippen molar-refractivity contribution >= 4 is 6.48 Å². The Morgan fingerprint density at radius 3 is 1.49 bits per heavy atom. The van der Waals surface area contributed by atoms with Gasteiger partial charge in [-0.3, -0.25) is 0 Å². The third-order valence-corrected chi connectivity index (χ3v) is 23.7. The van der Waals surface area contributed by atoms with Gasteiger partial charge >= 0.3 is 369 Å². The van der Waals surface area contributed by atoms with Gasteiger partial charge in [0, 0.05) is 0 Å². The van der Waals surface area contributed by atoms with Crippen molar-refractivity contribution in [2.45, 2.75) is 150 Å². The summed E-state index contributed by atoms with van der Waals surface area (Å²) in [4.78, 5) is 0. The maximum Gasteiger partial charge on any atom is -1.00 e. The molecule has 6 aliphatic carbocycles. The van der Waals surface area contributed by atoms with E-state index >= 15 is 0 Å². The normalized spacial score (nSPS) is 23.9. The molecule has 0 aromatic heterocycles. The van der Waals surface area contributed by atoms with E-state index in [1.807, 2.05) is 0 Å². The van der Waals surface area contributed by atoms with Crippen molar-refractivity contribution in [1.82, 2.24) is 0 Å². The van der Waals surface area contributed by atoms with Crippen molar-refractivity contribution in [1.29, 1.82) is 0 Å². The van der Waals surface area contributed by atoms with Crippen LogP contribution in [0.2, 0.25) is 0 Å². The van der Waals surface area contributed by atoms with E-state index in [2.05, 4.69) is 181 Å². The Labute approximate surface area is 390 Å². The van der Waals surface area contributed by atoms with Gasteiger partial charge < -0.3 is 24.8 Å². The van der Waals surface area contributed by atoms with Crippen LogP contribution in [0.25, 0.3) is 11.1 Å². The fourth-order valence-electron chi connectivity index (χ4n) is 12.5. The van der Waals surface area contributed by atoms with Gasteiger partial charge in [-0.05, 0) is 0 Å². The van der Waals surface area contributed by atoms with Crippen LogP contribution >= 0.6 is 0 Å². The van der Waals surface area contributed by atoms with Crippen LogP contribution in [0.15, 0.2) is 99.9 Å². The Bertz CT molecular complexity index is 2310. The molecule has 4 aromatic carbocycles. The molecule has 0 aliphatic heterocycles. The van der Waals surface area contributed by atoms with Gasteiger partial charge in [0.15, 0.2) is 0 Å². The molecule has 4 bridgehead atoms. The van der Waals surface area contributed by atoms with Crippen LogP contribution < -0.4 is 28.1 Å². The van der Waals surface area contributed by atoms with Crippen LogP contribution in [-0.4, -0.2) is 3.21 Å². The van der Waals surface area contributed by atoms with Crippen molar-refractivity contribution < 1.29 is 46.1 Å². The summed E-state index contributed by atoms with van der Waals surface area (Å²) in [6.45, 7) is 31.3. The number of halogens is 2. The molecule has 0 N–H and O–H groups in total. The van der Waals surface area contributed by atoms with Crippen molar-refractivity contribution in [3.05, 3.63) is 144 Å². The fourth-order valence-corrected chi connectivity index (χ4v) is 22.0. The third kappa shape index (κ3) is 8.67. The first-order valence-corrected chi connectivity index (χ1v) is 27.0. The Morgan fingerprint density at radius 1 is 0.541 bits per heavy atom. The van der Waals surface area contributed by atoms with Crippen LogP contribution in [-0.2, 0) is 49.3 Å². The van der Waals surface area contributed by atoms with Crippen LogP contribution in [0, 0.1) is 35.5 Å². The Kier molecular flexibility index (Phi) is 12.7. The largest absolute Gasteiger partial charge is 1.00 e. The molecule has 4 saturated carbocycles. The van der Waals surface area contributed by atoms with E-state index in [0.29, 0.717) is 5.92 Å². The zero-order chi connectivity index (χ0) is 42.0. The second-order valence-electron chi connectivity index (χ2n) is 24.0. The van der Waals surface area contributed by atoms with E-state index in [-0.39, 0.29) is 46.5 Å². The van der Waals surface area contributed by atoms with E-state index in [1.165, 1.54) is 76.6 Å². The Hall–Kier alpha value is -2.31. The standard InChI is InChI=1S/C21H25.C21H26.C16H21.2ClH.Zr/c1-20(2,3)16-7-9-18-14(12-16)11-15-13-17(21(4,5)6)8-10-19(15)18;1-20(2,3)18-11-7-16(8-12-18)15-17-9-13-19(14-10-17)21(4,5)6;1-10-2-3-13(4-10)16-14-6-11-5-12(8-14)9-15(16)7-11;;;/h7-10,12H,11H2,1-6H3;7-14H,1-6H3;3-4,10-12,14-16H,5-9H2,1H3;2*1H;/q;;;;;+2/p-2. The van der Waals surface area contributed by atoms with Gasteiger partial charge in [0.25, 0.3) is 0 Å². The SMILES string of the molecule is CC1C=C(C2C3CC4CC(C3)CC2C4)C=[C]1[Zr+2](=[C](c1ccc(C(C)(C)C)cc1)c1ccc(C(C)(C)C)cc1)[c]1c(C(C)(C)C)ccc2c1Cc1cc(C(C)(C)C)ccc1-2.[Cl-].[Cl-]. The minimum Gasteiger partial charge on any atom is -1.00 e.